The van der Waals surface area contributed by atoms with Crippen LogP contribution in [0.15, 0.2) is 66.9 Å². The molecule has 0 bridgehead atoms. The van der Waals surface area contributed by atoms with Crippen LogP contribution in [-0.2, 0) is 27.9 Å². The van der Waals surface area contributed by atoms with Crippen LogP contribution in [0.5, 0.6) is 0 Å². The summed E-state index contributed by atoms with van der Waals surface area (Å²) in [5.41, 5.74) is 3.54. The lowest BCUT2D eigenvalue weighted by Gasteiger charge is -2.21. The molecule has 12 nitrogen and oxygen atoms in total. The first-order valence-electron chi connectivity index (χ1n) is 15.6. The average molecular weight is 629 g/mol. The number of pyridine rings is 1. The number of hydrogen-bond acceptors (Lipinski definition) is 8. The number of amidine groups is 1. The summed E-state index contributed by atoms with van der Waals surface area (Å²) in [4.78, 5) is 46.9. The van der Waals surface area contributed by atoms with Crippen LogP contribution >= 0.6 is 0 Å². The number of nitrogens with one attached hydrogen (secondary N) is 4. The summed E-state index contributed by atoms with van der Waals surface area (Å²) in [6, 6.07) is 17.9. The minimum absolute atomic E-state index is 0.0278. The van der Waals surface area contributed by atoms with Gasteiger partial charge in [-0.3, -0.25) is 25.2 Å². The molecule has 4 aromatic rings. The van der Waals surface area contributed by atoms with E-state index in [1.807, 2.05) is 29.8 Å². The van der Waals surface area contributed by atoms with Gasteiger partial charge in [-0.15, -0.1) is 0 Å². The highest BCUT2D eigenvalue weighted by Gasteiger charge is 2.23. The summed E-state index contributed by atoms with van der Waals surface area (Å²) in [7, 11) is 1.94. The fourth-order valence-corrected chi connectivity index (χ4v) is 4.88. The number of carbonyl (C=O) groups excluding carboxylic acids is 3. The number of amides is 2. The standard InChI is InChI=1S/C34H41N7O5/c1-4-6-7-10-21-46-34(44)39-32(35)24-12-15-26(16-13-24)37-23-30-38-27-22-25(14-17-28(27)40(30)3)33(43)41(20-18-31(42)45-5-2)29-11-8-9-19-36-29/h8-9,11-17,19,22H,4-7,10,18,20-21,23H2,1-3H3,(H3,35,37,39,44)/p+1. The Kier molecular flexibility index (Phi) is 12.2. The summed E-state index contributed by atoms with van der Waals surface area (Å²) in [6.07, 6.45) is 5.07. The van der Waals surface area contributed by atoms with E-state index in [0.29, 0.717) is 30.1 Å². The third-order valence-corrected chi connectivity index (χ3v) is 7.40. The zero-order valence-corrected chi connectivity index (χ0v) is 26.6. The van der Waals surface area contributed by atoms with E-state index in [0.717, 1.165) is 48.2 Å². The number of H-pyrrole nitrogens is 1. The molecule has 4 rings (SSSR count). The number of carbonyl (C=O) groups is 3. The second kappa shape index (κ2) is 16.7. The maximum atomic E-state index is 13.6. The Morgan fingerprint density at radius 1 is 0.978 bits per heavy atom. The number of hydrogen-bond donors (Lipinski definition) is 4. The van der Waals surface area contributed by atoms with Crippen LogP contribution < -0.4 is 20.1 Å². The summed E-state index contributed by atoms with van der Waals surface area (Å²) in [5, 5.41) is 14.0. The maximum Gasteiger partial charge on any atom is 0.412 e. The molecule has 0 fully saturated rings. The first kappa shape index (κ1) is 33.6. The summed E-state index contributed by atoms with van der Waals surface area (Å²) < 4.78 is 12.2. The highest BCUT2D eigenvalue weighted by molar-refractivity contribution is 6.07. The van der Waals surface area contributed by atoms with Crippen molar-refractivity contribution in [2.24, 2.45) is 7.05 Å². The van der Waals surface area contributed by atoms with Crippen molar-refractivity contribution >= 4 is 46.3 Å². The van der Waals surface area contributed by atoms with Gasteiger partial charge in [0.2, 0.25) is 0 Å². The maximum absolute atomic E-state index is 13.6. The van der Waals surface area contributed by atoms with Crippen molar-refractivity contribution in [3.63, 3.8) is 0 Å². The van der Waals surface area contributed by atoms with Crippen LogP contribution in [0, 0.1) is 5.41 Å². The molecular formula is C34H42N7O5+. The Labute approximate surface area is 268 Å². The van der Waals surface area contributed by atoms with Gasteiger partial charge in [0.25, 0.3) is 11.7 Å². The molecule has 0 saturated heterocycles. The number of alkyl carbamates (subject to hydrolysis) is 1. The Morgan fingerprint density at radius 2 is 1.76 bits per heavy atom. The van der Waals surface area contributed by atoms with E-state index in [1.165, 1.54) is 4.90 Å². The highest BCUT2D eigenvalue weighted by Crippen LogP contribution is 2.19. The minimum atomic E-state index is -0.624. The van der Waals surface area contributed by atoms with E-state index in [1.54, 1.807) is 55.6 Å². The smallest absolute Gasteiger partial charge is 0.412 e. The van der Waals surface area contributed by atoms with Crippen LogP contribution in [0.2, 0.25) is 0 Å². The molecule has 46 heavy (non-hydrogen) atoms. The molecule has 4 N–H and O–H groups in total. The van der Waals surface area contributed by atoms with Crippen molar-refractivity contribution in [2.45, 2.75) is 52.5 Å². The number of aryl methyl sites for hydroxylation is 1. The lowest BCUT2D eigenvalue weighted by atomic mass is 10.1. The number of unbranched alkanes of at least 4 members (excludes halogenated alkanes) is 3. The van der Waals surface area contributed by atoms with E-state index in [-0.39, 0.29) is 37.3 Å². The molecule has 0 unspecified atom stereocenters. The molecule has 0 aliphatic carbocycles. The SMILES string of the molecule is CCCCCCOC(=O)NC(=N)c1ccc(NCc2[nH]c3cc(C(=O)N(CCC(=O)OCC)c4ccccn4)ccc3[n+]2C)cc1. The number of imidazole rings is 1. The third-order valence-electron chi connectivity index (χ3n) is 7.40. The van der Waals surface area contributed by atoms with Gasteiger partial charge in [-0.2, -0.15) is 0 Å². The van der Waals surface area contributed by atoms with E-state index < -0.39 is 6.09 Å². The quantitative estimate of drug-likeness (QED) is 0.0462. The van der Waals surface area contributed by atoms with Gasteiger partial charge in [0.1, 0.15) is 18.2 Å². The molecule has 0 atom stereocenters. The fraction of sp³-hybridized carbons (Fsp3) is 0.353. The van der Waals surface area contributed by atoms with Crippen molar-refractivity contribution < 1.29 is 28.4 Å². The van der Waals surface area contributed by atoms with Gasteiger partial charge >= 0.3 is 12.1 Å². The number of fused-ring (bicyclic) bond motifs is 1. The molecule has 2 heterocycles. The minimum Gasteiger partial charge on any atom is -0.466 e. The average Bonchev–Trinajstić information content (AvgIpc) is 3.38. The lowest BCUT2D eigenvalue weighted by molar-refractivity contribution is -0.652. The van der Waals surface area contributed by atoms with Gasteiger partial charge < -0.3 is 14.8 Å². The van der Waals surface area contributed by atoms with Gasteiger partial charge in [-0.25, -0.2) is 19.3 Å². The number of benzene rings is 2. The Morgan fingerprint density at radius 3 is 2.48 bits per heavy atom. The van der Waals surface area contributed by atoms with Crippen LogP contribution in [0.3, 0.4) is 0 Å². The van der Waals surface area contributed by atoms with Crippen LogP contribution in [0.4, 0.5) is 16.3 Å². The molecule has 242 valence electrons. The Bertz CT molecular complexity index is 1640. The largest absolute Gasteiger partial charge is 0.466 e. The number of esters is 1. The predicted molar refractivity (Wildman–Crippen MR) is 176 cm³/mol. The summed E-state index contributed by atoms with van der Waals surface area (Å²) in [5.74, 6) is 0.650. The third kappa shape index (κ3) is 9.13. The predicted octanol–water partition coefficient (Wildman–Crippen LogP) is 5.23. The van der Waals surface area contributed by atoms with Gasteiger partial charge in [-0.05, 0) is 61.9 Å². The van der Waals surface area contributed by atoms with Crippen molar-refractivity contribution in [3.05, 3.63) is 83.8 Å². The zero-order valence-electron chi connectivity index (χ0n) is 26.6. The summed E-state index contributed by atoms with van der Waals surface area (Å²) >= 11 is 0. The Hall–Kier alpha value is -5.26. The number of ether oxygens (including phenoxy) is 2. The normalized spacial score (nSPS) is 10.8. The second-order valence-corrected chi connectivity index (χ2v) is 10.7. The fourth-order valence-electron chi connectivity index (χ4n) is 4.88. The molecule has 2 aromatic heterocycles. The van der Waals surface area contributed by atoms with Gasteiger partial charge in [-0.1, -0.05) is 32.3 Å². The monoisotopic (exact) mass is 628 g/mol. The van der Waals surface area contributed by atoms with Crippen molar-refractivity contribution in [1.82, 2.24) is 15.3 Å². The topological polar surface area (TPSA) is 153 Å². The molecular weight excluding hydrogens is 586 g/mol. The van der Waals surface area contributed by atoms with E-state index >= 15 is 0 Å². The number of anilines is 2. The first-order valence-corrected chi connectivity index (χ1v) is 15.6. The summed E-state index contributed by atoms with van der Waals surface area (Å²) in [6.45, 7) is 5.08. The van der Waals surface area contributed by atoms with Crippen molar-refractivity contribution in [2.75, 3.05) is 30.0 Å². The molecule has 0 saturated carbocycles. The second-order valence-electron chi connectivity index (χ2n) is 10.7. The number of aromatic nitrogens is 3. The Balaban J connectivity index is 1.38. The van der Waals surface area contributed by atoms with Gasteiger partial charge in [0.05, 0.1) is 26.7 Å². The van der Waals surface area contributed by atoms with Crippen molar-refractivity contribution in [3.8, 4) is 0 Å². The molecule has 2 amide bonds. The lowest BCUT2D eigenvalue weighted by Crippen LogP contribution is -2.34. The van der Waals surface area contributed by atoms with E-state index in [4.69, 9.17) is 14.9 Å². The molecule has 2 aromatic carbocycles. The number of nitrogens with zero attached hydrogens (tertiary/aromatic N) is 3. The van der Waals surface area contributed by atoms with Gasteiger partial charge in [0.15, 0.2) is 11.0 Å². The highest BCUT2D eigenvalue weighted by atomic mass is 16.5. The molecule has 0 aliphatic heterocycles. The number of aromatic amines is 1. The van der Waals surface area contributed by atoms with Crippen LogP contribution in [0.1, 0.15) is 67.7 Å². The first-order chi connectivity index (χ1) is 22.3. The molecule has 0 spiro atoms. The van der Waals surface area contributed by atoms with Crippen LogP contribution in [0.25, 0.3) is 11.0 Å². The zero-order chi connectivity index (χ0) is 32.9. The van der Waals surface area contributed by atoms with Crippen molar-refractivity contribution in [1.29, 1.82) is 5.41 Å². The van der Waals surface area contributed by atoms with E-state index in [2.05, 4.69) is 27.5 Å². The van der Waals surface area contributed by atoms with E-state index in [9.17, 15) is 14.4 Å². The molecule has 12 heteroatoms. The molecule has 0 aliphatic rings. The van der Waals surface area contributed by atoms with Crippen LogP contribution in [-0.4, -0.2) is 53.5 Å². The van der Waals surface area contributed by atoms with Gasteiger partial charge in [0, 0.05) is 35.6 Å². The molecule has 0 radical (unpaired) electrons. The number of rotatable bonds is 15.